The summed E-state index contributed by atoms with van der Waals surface area (Å²) in [6, 6.07) is 12.6. The smallest absolute Gasteiger partial charge is 0.264 e. The Morgan fingerprint density at radius 2 is 1.63 bits per heavy atom. The summed E-state index contributed by atoms with van der Waals surface area (Å²) in [6.07, 6.45) is 6.37. The molecule has 1 fully saturated rings. The molecule has 0 saturated heterocycles. The van der Waals surface area contributed by atoms with Gasteiger partial charge in [-0.15, -0.1) is 0 Å². The fourth-order valence-electron chi connectivity index (χ4n) is 3.62. The number of amides is 1. The van der Waals surface area contributed by atoms with Crippen LogP contribution in [-0.4, -0.2) is 34.0 Å². The number of benzene rings is 2. The molecule has 0 unspecified atom stereocenters. The molecule has 0 spiro atoms. The Kier molecular flexibility index (Phi) is 7.61. The number of rotatable bonds is 7. The van der Waals surface area contributed by atoms with Gasteiger partial charge in [0.25, 0.3) is 10.0 Å². The Labute approximate surface area is 183 Å². The highest BCUT2D eigenvalue weighted by atomic mass is 35.5. The van der Waals surface area contributed by atoms with Gasteiger partial charge in [0.15, 0.2) is 0 Å². The number of ether oxygens (including phenoxy) is 1. The van der Waals surface area contributed by atoms with Crippen molar-refractivity contribution in [3.05, 3.63) is 53.6 Å². The van der Waals surface area contributed by atoms with Gasteiger partial charge >= 0.3 is 0 Å². The van der Waals surface area contributed by atoms with E-state index in [1.54, 1.807) is 36.4 Å². The molecule has 0 aromatic heterocycles. The van der Waals surface area contributed by atoms with Gasteiger partial charge in [0.2, 0.25) is 5.91 Å². The van der Waals surface area contributed by atoms with E-state index in [2.05, 4.69) is 5.32 Å². The summed E-state index contributed by atoms with van der Waals surface area (Å²) in [5, 5.41) is 3.51. The summed E-state index contributed by atoms with van der Waals surface area (Å²) in [7, 11) is -2.45. The molecule has 0 aliphatic heterocycles. The molecular formula is C22H27ClN2O4S. The fourth-order valence-corrected chi connectivity index (χ4v) is 5.17. The maximum Gasteiger partial charge on any atom is 0.264 e. The van der Waals surface area contributed by atoms with Crippen LogP contribution in [0.5, 0.6) is 5.75 Å². The third-order valence-electron chi connectivity index (χ3n) is 5.27. The highest BCUT2D eigenvalue weighted by Crippen LogP contribution is 2.26. The minimum Gasteiger partial charge on any atom is -0.497 e. The second-order valence-corrected chi connectivity index (χ2v) is 9.72. The molecule has 3 rings (SSSR count). The third-order valence-corrected chi connectivity index (χ3v) is 7.31. The van der Waals surface area contributed by atoms with Crippen LogP contribution in [0.25, 0.3) is 0 Å². The normalized spacial score (nSPS) is 15.3. The Morgan fingerprint density at radius 1 is 1.03 bits per heavy atom. The second-order valence-electron chi connectivity index (χ2n) is 7.42. The third kappa shape index (κ3) is 5.67. The van der Waals surface area contributed by atoms with E-state index >= 15 is 0 Å². The fraction of sp³-hybridized carbons (Fsp3) is 0.409. The van der Waals surface area contributed by atoms with Crippen LogP contribution in [0.3, 0.4) is 0 Å². The van der Waals surface area contributed by atoms with Crippen molar-refractivity contribution in [3.63, 3.8) is 0 Å². The molecule has 0 atom stereocenters. The summed E-state index contributed by atoms with van der Waals surface area (Å²) in [5.41, 5.74) is 0.381. The molecule has 1 aliphatic carbocycles. The van der Waals surface area contributed by atoms with Crippen molar-refractivity contribution >= 4 is 33.2 Å². The van der Waals surface area contributed by atoms with Crippen molar-refractivity contribution in [2.75, 3.05) is 18.0 Å². The number of nitrogens with zero attached hydrogens (tertiary/aromatic N) is 1. The van der Waals surface area contributed by atoms with Crippen molar-refractivity contribution in [3.8, 4) is 5.75 Å². The number of carbonyl (C=O) groups excluding carboxylic acids is 1. The monoisotopic (exact) mass is 450 g/mol. The van der Waals surface area contributed by atoms with Crippen molar-refractivity contribution < 1.29 is 17.9 Å². The molecule has 0 bridgehead atoms. The minimum absolute atomic E-state index is 0.0838. The molecule has 0 heterocycles. The number of hydrogen-bond acceptors (Lipinski definition) is 4. The van der Waals surface area contributed by atoms with E-state index in [0.29, 0.717) is 16.5 Å². The zero-order chi connectivity index (χ0) is 21.6. The van der Waals surface area contributed by atoms with Gasteiger partial charge in [-0.25, -0.2) is 8.42 Å². The molecule has 1 saturated carbocycles. The Balaban J connectivity index is 1.85. The first-order chi connectivity index (χ1) is 14.4. The molecule has 8 heteroatoms. The maximum absolute atomic E-state index is 13.4. The molecule has 1 N–H and O–H groups in total. The van der Waals surface area contributed by atoms with Crippen molar-refractivity contribution in [1.29, 1.82) is 0 Å². The molecule has 2 aromatic carbocycles. The lowest BCUT2D eigenvalue weighted by atomic mass is 10.1. The lowest BCUT2D eigenvalue weighted by Gasteiger charge is -2.25. The number of anilines is 1. The van der Waals surface area contributed by atoms with Crippen molar-refractivity contribution in [2.45, 2.75) is 49.5 Å². The lowest BCUT2D eigenvalue weighted by molar-refractivity contribution is -0.120. The number of sulfonamides is 1. The Bertz CT molecular complexity index is 938. The first-order valence-corrected chi connectivity index (χ1v) is 11.9. The molecule has 0 radical (unpaired) electrons. The quantitative estimate of drug-likeness (QED) is 0.635. The van der Waals surface area contributed by atoms with Gasteiger partial charge in [-0.3, -0.25) is 9.10 Å². The average molecular weight is 451 g/mol. The van der Waals surface area contributed by atoms with Gasteiger partial charge in [-0.2, -0.15) is 0 Å². The van der Waals surface area contributed by atoms with Crippen LogP contribution in [0.2, 0.25) is 5.02 Å². The van der Waals surface area contributed by atoms with Crippen LogP contribution < -0.4 is 14.4 Å². The van der Waals surface area contributed by atoms with Crippen LogP contribution in [-0.2, 0) is 14.8 Å². The van der Waals surface area contributed by atoms with E-state index in [0.717, 1.165) is 30.0 Å². The van der Waals surface area contributed by atoms with Crippen LogP contribution >= 0.6 is 11.6 Å². The largest absolute Gasteiger partial charge is 0.497 e. The SMILES string of the molecule is COc1ccc(S(=O)(=O)N(CC(=O)NC2CCCCCC2)c2ccc(Cl)cc2)cc1. The highest BCUT2D eigenvalue weighted by Gasteiger charge is 2.28. The molecule has 162 valence electrons. The minimum atomic E-state index is -3.96. The molecular weight excluding hydrogens is 424 g/mol. The van der Waals surface area contributed by atoms with E-state index in [1.807, 2.05) is 0 Å². The van der Waals surface area contributed by atoms with Gasteiger partial charge in [0, 0.05) is 11.1 Å². The van der Waals surface area contributed by atoms with Crippen molar-refractivity contribution in [1.82, 2.24) is 5.32 Å². The number of carbonyl (C=O) groups is 1. The Hall–Kier alpha value is -2.25. The first-order valence-electron chi connectivity index (χ1n) is 10.1. The van der Waals surface area contributed by atoms with Gasteiger partial charge in [-0.05, 0) is 61.4 Å². The zero-order valence-corrected chi connectivity index (χ0v) is 18.6. The summed E-state index contributed by atoms with van der Waals surface area (Å²) < 4.78 is 33.0. The highest BCUT2D eigenvalue weighted by molar-refractivity contribution is 7.92. The molecule has 6 nitrogen and oxygen atoms in total. The summed E-state index contributed by atoms with van der Waals surface area (Å²) in [4.78, 5) is 12.9. The molecule has 1 aliphatic rings. The Morgan fingerprint density at radius 3 is 2.20 bits per heavy atom. The van der Waals surface area contributed by atoms with Gasteiger partial charge in [0.05, 0.1) is 17.7 Å². The van der Waals surface area contributed by atoms with Crippen LogP contribution in [0, 0.1) is 0 Å². The topological polar surface area (TPSA) is 75.7 Å². The number of halogens is 1. The van der Waals surface area contributed by atoms with Crippen LogP contribution in [0.15, 0.2) is 53.4 Å². The van der Waals surface area contributed by atoms with E-state index in [9.17, 15) is 13.2 Å². The van der Waals surface area contributed by atoms with Crippen LogP contribution in [0.1, 0.15) is 38.5 Å². The zero-order valence-electron chi connectivity index (χ0n) is 17.0. The summed E-state index contributed by atoms with van der Waals surface area (Å²) in [6.45, 7) is -0.299. The molecule has 30 heavy (non-hydrogen) atoms. The van der Waals surface area contributed by atoms with E-state index < -0.39 is 10.0 Å². The van der Waals surface area contributed by atoms with E-state index in [-0.39, 0.29) is 23.4 Å². The summed E-state index contributed by atoms with van der Waals surface area (Å²) >= 11 is 5.97. The standard InChI is InChI=1S/C22H27ClN2O4S/c1-29-20-12-14-21(15-13-20)30(27,28)25(19-10-8-17(23)9-11-19)16-22(26)24-18-6-4-2-3-5-7-18/h8-15,18H,2-7,16H2,1H3,(H,24,26). The predicted molar refractivity (Wildman–Crippen MR) is 119 cm³/mol. The number of nitrogens with one attached hydrogen (secondary N) is 1. The van der Waals surface area contributed by atoms with Gasteiger partial charge < -0.3 is 10.1 Å². The number of methoxy groups -OCH3 is 1. The van der Waals surface area contributed by atoms with Gasteiger partial charge in [-0.1, -0.05) is 37.3 Å². The van der Waals surface area contributed by atoms with E-state index in [4.69, 9.17) is 16.3 Å². The first kappa shape index (κ1) is 22.4. The molecule has 1 amide bonds. The average Bonchev–Trinajstić information content (AvgIpc) is 3.01. The van der Waals surface area contributed by atoms with Crippen LogP contribution in [0.4, 0.5) is 5.69 Å². The van der Waals surface area contributed by atoms with Crippen molar-refractivity contribution in [2.24, 2.45) is 0 Å². The molecule has 2 aromatic rings. The second kappa shape index (κ2) is 10.2. The number of hydrogen-bond donors (Lipinski definition) is 1. The van der Waals surface area contributed by atoms with Gasteiger partial charge in [0.1, 0.15) is 12.3 Å². The summed E-state index contributed by atoms with van der Waals surface area (Å²) in [5.74, 6) is 0.243. The maximum atomic E-state index is 13.4. The lowest BCUT2D eigenvalue weighted by Crippen LogP contribution is -2.44. The predicted octanol–water partition coefficient (Wildman–Crippen LogP) is 4.38. The van der Waals surface area contributed by atoms with E-state index in [1.165, 1.54) is 32.1 Å².